The lowest BCUT2D eigenvalue weighted by molar-refractivity contribution is -0.184. The minimum Gasteiger partial charge on any atom is -0.497 e. The summed E-state index contributed by atoms with van der Waals surface area (Å²) < 4.78 is 5.45. The third-order valence-corrected chi connectivity index (χ3v) is 6.97. The molecule has 132 valence electrons. The monoisotopic (exact) mass is 332 g/mol. The van der Waals surface area contributed by atoms with Gasteiger partial charge in [-0.15, -0.1) is 0 Å². The second-order valence-corrected chi connectivity index (χ2v) is 7.85. The summed E-state index contributed by atoms with van der Waals surface area (Å²) in [5, 5.41) is 25.9. The maximum absolute atomic E-state index is 11.9. The Labute approximate surface area is 143 Å². The number of nitrogens with zero attached hydrogens (tertiary/aromatic N) is 1. The molecule has 5 nitrogen and oxygen atoms in total. The summed E-state index contributed by atoms with van der Waals surface area (Å²) in [7, 11) is 5.66. The zero-order chi connectivity index (χ0) is 17.1. The number of hydrogen-bond donors (Lipinski definition) is 3. The minimum absolute atomic E-state index is 0.0655. The lowest BCUT2D eigenvalue weighted by Crippen LogP contribution is -2.75. The fourth-order valence-corrected chi connectivity index (χ4v) is 5.62. The second kappa shape index (κ2) is 5.43. The fraction of sp³-hybridized carbons (Fsp3) is 0.684. The molecule has 3 aliphatic rings. The average molecular weight is 332 g/mol. The molecular weight excluding hydrogens is 304 g/mol. The summed E-state index contributed by atoms with van der Waals surface area (Å²) >= 11 is 0. The molecule has 1 aromatic carbocycles. The molecule has 2 bridgehead atoms. The summed E-state index contributed by atoms with van der Waals surface area (Å²) in [5.74, 6) is 0.827. The molecule has 0 aromatic heterocycles. The third-order valence-electron chi connectivity index (χ3n) is 6.97. The molecule has 1 saturated carbocycles. The van der Waals surface area contributed by atoms with Crippen LogP contribution in [0.2, 0.25) is 0 Å². The molecule has 0 radical (unpaired) electrons. The van der Waals surface area contributed by atoms with Crippen molar-refractivity contribution < 1.29 is 14.9 Å². The number of aliphatic hydroxyl groups excluding tert-OH is 1. The van der Waals surface area contributed by atoms with Crippen molar-refractivity contribution in [3.05, 3.63) is 29.3 Å². The van der Waals surface area contributed by atoms with Crippen LogP contribution in [0.15, 0.2) is 18.2 Å². The van der Waals surface area contributed by atoms with Gasteiger partial charge in [0.2, 0.25) is 0 Å². The second-order valence-electron chi connectivity index (χ2n) is 7.85. The first-order valence-corrected chi connectivity index (χ1v) is 8.90. The molecular formula is C19H28N2O3. The Bertz CT molecular complexity index is 651. The summed E-state index contributed by atoms with van der Waals surface area (Å²) in [6, 6.07) is 6.26. The van der Waals surface area contributed by atoms with Crippen LogP contribution < -0.4 is 10.1 Å². The van der Waals surface area contributed by atoms with Gasteiger partial charge in [-0.3, -0.25) is 0 Å². The van der Waals surface area contributed by atoms with E-state index in [0.717, 1.165) is 25.1 Å². The Kier molecular flexibility index (Phi) is 3.69. The molecule has 1 aromatic rings. The SMILES string of the molecule is CN[C@H]1C[C@@]2(O)[C@H]3Cc4ccc(OC)cc4[C@@]2(CCN3C)CC1O. The highest BCUT2D eigenvalue weighted by Crippen LogP contribution is 2.58. The highest BCUT2D eigenvalue weighted by Gasteiger charge is 2.65. The topological polar surface area (TPSA) is 65.0 Å². The van der Waals surface area contributed by atoms with E-state index in [4.69, 9.17) is 4.74 Å². The third kappa shape index (κ3) is 1.96. The molecule has 2 aliphatic carbocycles. The van der Waals surface area contributed by atoms with E-state index < -0.39 is 11.7 Å². The van der Waals surface area contributed by atoms with Crippen LogP contribution in [0.1, 0.15) is 30.4 Å². The highest BCUT2D eigenvalue weighted by atomic mass is 16.5. The molecule has 4 rings (SSSR count). The largest absolute Gasteiger partial charge is 0.497 e. The van der Waals surface area contributed by atoms with Crippen molar-refractivity contribution >= 4 is 0 Å². The number of aliphatic hydroxyl groups is 2. The standard InChI is InChI=1S/C19H28N2O3/c1-20-15-10-19(23)17-8-12-4-5-13(24-3)9-14(12)18(19,11-16(15)22)6-7-21(17)2/h4-5,9,15-17,20,22-23H,6-8,10-11H2,1-3H3/t15-,16?,17+,18+,19+/m0/s1. The van der Waals surface area contributed by atoms with Crippen LogP contribution in [0, 0.1) is 0 Å². The number of hydrogen-bond acceptors (Lipinski definition) is 5. The molecule has 5 atom stereocenters. The van der Waals surface area contributed by atoms with Gasteiger partial charge < -0.3 is 25.2 Å². The Morgan fingerprint density at radius 2 is 2.12 bits per heavy atom. The van der Waals surface area contributed by atoms with Crippen molar-refractivity contribution in [2.45, 2.75) is 54.9 Å². The van der Waals surface area contributed by atoms with Crippen LogP contribution in [-0.4, -0.2) is 66.7 Å². The molecule has 5 heteroatoms. The number of methoxy groups -OCH3 is 1. The van der Waals surface area contributed by atoms with Crippen molar-refractivity contribution in [3.63, 3.8) is 0 Å². The molecule has 1 saturated heterocycles. The Balaban J connectivity index is 1.91. The van der Waals surface area contributed by atoms with Crippen LogP contribution in [0.3, 0.4) is 0 Å². The lowest BCUT2D eigenvalue weighted by atomic mass is 9.48. The Hall–Kier alpha value is -1.14. The minimum atomic E-state index is -0.827. The quantitative estimate of drug-likeness (QED) is 0.743. The smallest absolute Gasteiger partial charge is 0.119 e. The van der Waals surface area contributed by atoms with E-state index in [-0.39, 0.29) is 17.5 Å². The van der Waals surface area contributed by atoms with E-state index in [9.17, 15) is 10.2 Å². The number of piperidine rings is 1. The molecule has 24 heavy (non-hydrogen) atoms. The average Bonchev–Trinajstić information content (AvgIpc) is 2.58. The fourth-order valence-electron chi connectivity index (χ4n) is 5.62. The van der Waals surface area contributed by atoms with E-state index in [1.165, 1.54) is 11.1 Å². The summed E-state index contributed by atoms with van der Waals surface area (Å²) in [4.78, 5) is 2.30. The normalized spacial score (nSPS) is 41.5. The van der Waals surface area contributed by atoms with Crippen molar-refractivity contribution in [1.29, 1.82) is 0 Å². The van der Waals surface area contributed by atoms with E-state index in [1.54, 1.807) is 7.11 Å². The van der Waals surface area contributed by atoms with Gasteiger partial charge in [-0.05, 0) is 69.6 Å². The number of rotatable bonds is 2. The number of benzene rings is 1. The van der Waals surface area contributed by atoms with E-state index in [1.807, 2.05) is 13.1 Å². The molecule has 1 aliphatic heterocycles. The van der Waals surface area contributed by atoms with Gasteiger partial charge >= 0.3 is 0 Å². The van der Waals surface area contributed by atoms with Gasteiger partial charge in [0, 0.05) is 17.5 Å². The summed E-state index contributed by atoms with van der Waals surface area (Å²) in [6.07, 6.45) is 2.44. The molecule has 3 N–H and O–H groups in total. The molecule has 1 unspecified atom stereocenters. The summed E-state index contributed by atoms with van der Waals surface area (Å²) in [6.45, 7) is 0.945. The number of likely N-dealkylation sites (N-methyl/N-ethyl adjacent to an activating group) is 2. The van der Waals surface area contributed by atoms with Crippen LogP contribution in [0.25, 0.3) is 0 Å². The van der Waals surface area contributed by atoms with Crippen LogP contribution >= 0.6 is 0 Å². The number of ether oxygens (including phenoxy) is 1. The van der Waals surface area contributed by atoms with Gasteiger partial charge in [-0.25, -0.2) is 0 Å². The van der Waals surface area contributed by atoms with Crippen molar-refractivity contribution in [2.24, 2.45) is 0 Å². The Morgan fingerprint density at radius 3 is 2.83 bits per heavy atom. The summed E-state index contributed by atoms with van der Waals surface area (Å²) in [5.41, 5.74) is 1.25. The number of fused-ring (bicyclic) bond motifs is 1. The van der Waals surface area contributed by atoms with Crippen molar-refractivity contribution in [2.75, 3.05) is 27.7 Å². The van der Waals surface area contributed by atoms with Gasteiger partial charge in [0.25, 0.3) is 0 Å². The van der Waals surface area contributed by atoms with Gasteiger partial charge in [0.15, 0.2) is 0 Å². The van der Waals surface area contributed by atoms with Crippen molar-refractivity contribution in [1.82, 2.24) is 10.2 Å². The van der Waals surface area contributed by atoms with E-state index in [2.05, 4.69) is 29.4 Å². The first kappa shape index (κ1) is 16.3. The number of nitrogens with one attached hydrogen (secondary N) is 1. The predicted molar refractivity (Wildman–Crippen MR) is 92.4 cm³/mol. The lowest BCUT2D eigenvalue weighted by Gasteiger charge is -2.65. The van der Waals surface area contributed by atoms with Gasteiger partial charge in [0.1, 0.15) is 5.75 Å². The molecule has 0 amide bonds. The van der Waals surface area contributed by atoms with E-state index in [0.29, 0.717) is 12.8 Å². The van der Waals surface area contributed by atoms with Crippen molar-refractivity contribution in [3.8, 4) is 5.75 Å². The molecule has 2 fully saturated rings. The van der Waals surface area contributed by atoms with Gasteiger partial charge in [-0.1, -0.05) is 6.07 Å². The van der Waals surface area contributed by atoms with Gasteiger partial charge in [-0.2, -0.15) is 0 Å². The van der Waals surface area contributed by atoms with Crippen LogP contribution in [-0.2, 0) is 11.8 Å². The maximum atomic E-state index is 11.9. The molecule has 1 heterocycles. The zero-order valence-corrected chi connectivity index (χ0v) is 14.7. The maximum Gasteiger partial charge on any atom is 0.119 e. The highest BCUT2D eigenvalue weighted by molar-refractivity contribution is 5.49. The van der Waals surface area contributed by atoms with Crippen LogP contribution in [0.5, 0.6) is 5.75 Å². The van der Waals surface area contributed by atoms with Crippen LogP contribution in [0.4, 0.5) is 0 Å². The molecule has 0 spiro atoms. The van der Waals surface area contributed by atoms with Gasteiger partial charge in [0.05, 0.1) is 18.8 Å². The predicted octanol–water partition coefficient (Wildman–Crippen LogP) is 0.667. The van der Waals surface area contributed by atoms with E-state index >= 15 is 0 Å². The first-order valence-electron chi connectivity index (χ1n) is 8.90. The first-order chi connectivity index (χ1) is 11.4. The Morgan fingerprint density at radius 1 is 1.33 bits per heavy atom. The number of likely N-dealkylation sites (tertiary alicyclic amines) is 1. The zero-order valence-electron chi connectivity index (χ0n) is 14.7.